The minimum atomic E-state index is -0.943. The van der Waals surface area contributed by atoms with Crippen LogP contribution >= 0.6 is 15.9 Å². The molecule has 124 valence electrons. The van der Waals surface area contributed by atoms with Gasteiger partial charge in [-0.25, -0.2) is 4.79 Å². The number of rotatable bonds is 4. The maximum absolute atomic E-state index is 12.6. The molecule has 2 aromatic carbocycles. The molecule has 1 aliphatic heterocycles. The van der Waals surface area contributed by atoms with Crippen molar-refractivity contribution >= 4 is 27.8 Å². The number of nitrogens with zero attached hydrogens (tertiary/aromatic N) is 1. The highest BCUT2D eigenvalue weighted by Gasteiger charge is 2.33. The topological polar surface area (TPSA) is 57.6 Å². The molecule has 1 amide bonds. The second-order valence-corrected chi connectivity index (χ2v) is 6.89. The Hall–Kier alpha value is -2.14. The van der Waals surface area contributed by atoms with Crippen molar-refractivity contribution in [3.63, 3.8) is 0 Å². The molecule has 5 heteroatoms. The number of aryl methyl sites for hydroxylation is 1. The zero-order chi connectivity index (χ0) is 17.1. The van der Waals surface area contributed by atoms with Gasteiger partial charge in [0.2, 0.25) is 5.91 Å². The number of halogens is 1. The van der Waals surface area contributed by atoms with Crippen LogP contribution in [-0.4, -0.2) is 27.9 Å². The zero-order valence-corrected chi connectivity index (χ0v) is 14.7. The molecule has 0 saturated heterocycles. The first-order valence-electron chi connectivity index (χ1n) is 7.88. The lowest BCUT2D eigenvalue weighted by atomic mass is 9.93. The molecule has 1 unspecified atom stereocenters. The number of amides is 1. The third-order valence-corrected chi connectivity index (χ3v) is 4.92. The van der Waals surface area contributed by atoms with Gasteiger partial charge in [0, 0.05) is 23.9 Å². The average Bonchev–Trinajstić information content (AvgIpc) is 2.59. The number of benzene rings is 2. The van der Waals surface area contributed by atoms with E-state index < -0.39 is 12.0 Å². The van der Waals surface area contributed by atoms with Gasteiger partial charge in [-0.1, -0.05) is 52.3 Å². The van der Waals surface area contributed by atoms with E-state index in [0.717, 1.165) is 21.2 Å². The first-order chi connectivity index (χ1) is 11.5. The fourth-order valence-electron chi connectivity index (χ4n) is 3.05. The van der Waals surface area contributed by atoms with Crippen LogP contribution in [0.4, 0.5) is 0 Å². The molecular formula is C19H18BrNO3. The highest BCUT2D eigenvalue weighted by molar-refractivity contribution is 9.10. The molecule has 0 bridgehead atoms. The predicted molar refractivity (Wildman–Crippen MR) is 94.6 cm³/mol. The summed E-state index contributed by atoms with van der Waals surface area (Å²) in [7, 11) is 0. The number of fused-ring (bicyclic) bond motifs is 1. The van der Waals surface area contributed by atoms with Crippen LogP contribution in [0.1, 0.15) is 23.1 Å². The molecule has 3 rings (SSSR count). The Morgan fingerprint density at radius 2 is 1.75 bits per heavy atom. The van der Waals surface area contributed by atoms with Crippen LogP contribution in [0.2, 0.25) is 0 Å². The van der Waals surface area contributed by atoms with E-state index in [0.29, 0.717) is 25.8 Å². The third kappa shape index (κ3) is 3.67. The molecule has 1 aliphatic rings. The maximum Gasteiger partial charge on any atom is 0.326 e. The van der Waals surface area contributed by atoms with Gasteiger partial charge in [0.15, 0.2) is 0 Å². The van der Waals surface area contributed by atoms with E-state index in [9.17, 15) is 14.7 Å². The number of carbonyl (C=O) groups is 2. The molecule has 2 aromatic rings. The second-order valence-electron chi connectivity index (χ2n) is 5.97. The van der Waals surface area contributed by atoms with Gasteiger partial charge in [-0.2, -0.15) is 0 Å². The number of carboxylic acid groups (broad SMARTS) is 1. The van der Waals surface area contributed by atoms with Gasteiger partial charge in [-0.3, -0.25) is 4.79 Å². The van der Waals surface area contributed by atoms with E-state index in [1.54, 1.807) is 0 Å². The van der Waals surface area contributed by atoms with Crippen LogP contribution in [0.3, 0.4) is 0 Å². The number of carbonyl (C=O) groups excluding carboxylic acids is 1. The Balaban J connectivity index is 1.72. The number of carboxylic acids is 1. The quantitative estimate of drug-likeness (QED) is 0.873. The molecule has 1 N–H and O–H groups in total. The Kier molecular flexibility index (Phi) is 5.00. The predicted octanol–water partition coefficient (Wildman–Crippen LogP) is 3.42. The molecule has 0 fully saturated rings. The van der Waals surface area contributed by atoms with Gasteiger partial charge >= 0.3 is 5.97 Å². The second kappa shape index (κ2) is 7.18. The third-order valence-electron chi connectivity index (χ3n) is 4.39. The lowest BCUT2D eigenvalue weighted by Gasteiger charge is -2.34. The highest BCUT2D eigenvalue weighted by Crippen LogP contribution is 2.24. The van der Waals surface area contributed by atoms with E-state index in [2.05, 4.69) is 15.9 Å². The van der Waals surface area contributed by atoms with Crippen molar-refractivity contribution in [3.8, 4) is 0 Å². The smallest absolute Gasteiger partial charge is 0.326 e. The van der Waals surface area contributed by atoms with Crippen molar-refractivity contribution in [2.24, 2.45) is 0 Å². The summed E-state index contributed by atoms with van der Waals surface area (Å²) in [5.74, 6) is -1.05. The van der Waals surface area contributed by atoms with Crippen LogP contribution in [-0.2, 0) is 29.0 Å². The molecule has 1 atom stereocenters. The van der Waals surface area contributed by atoms with Crippen molar-refractivity contribution in [2.75, 3.05) is 0 Å². The summed E-state index contributed by atoms with van der Waals surface area (Å²) < 4.78 is 0.996. The number of hydrogen-bond acceptors (Lipinski definition) is 2. The van der Waals surface area contributed by atoms with Crippen molar-refractivity contribution in [2.45, 2.75) is 31.8 Å². The average molecular weight is 388 g/mol. The maximum atomic E-state index is 12.6. The molecule has 0 aromatic heterocycles. The Bertz CT molecular complexity index is 757. The first kappa shape index (κ1) is 16.7. The summed E-state index contributed by atoms with van der Waals surface area (Å²) in [5.41, 5.74) is 3.12. The lowest BCUT2D eigenvalue weighted by molar-refractivity contribution is -0.151. The van der Waals surface area contributed by atoms with Crippen molar-refractivity contribution in [1.29, 1.82) is 0 Å². The molecule has 0 aliphatic carbocycles. The van der Waals surface area contributed by atoms with Gasteiger partial charge in [0.1, 0.15) is 6.04 Å². The molecular weight excluding hydrogens is 370 g/mol. The fourth-order valence-corrected chi connectivity index (χ4v) is 3.32. The minimum absolute atomic E-state index is 0.111. The fraction of sp³-hybridized carbons (Fsp3) is 0.263. The van der Waals surface area contributed by atoms with Crippen molar-refractivity contribution < 1.29 is 14.7 Å². The van der Waals surface area contributed by atoms with Crippen LogP contribution in [0, 0.1) is 0 Å². The van der Waals surface area contributed by atoms with Crippen molar-refractivity contribution in [1.82, 2.24) is 4.90 Å². The standard InChI is InChI=1S/C19H18BrNO3/c20-16-8-5-13(6-9-16)7-10-18(22)21-12-15-4-2-1-3-14(15)11-17(21)19(23)24/h1-6,8-9,17H,7,10-12H2,(H,23,24). The van der Waals surface area contributed by atoms with Gasteiger partial charge < -0.3 is 10.0 Å². The minimum Gasteiger partial charge on any atom is -0.480 e. The number of hydrogen-bond donors (Lipinski definition) is 1. The Morgan fingerprint density at radius 3 is 2.42 bits per heavy atom. The lowest BCUT2D eigenvalue weighted by Crippen LogP contribution is -2.48. The normalized spacial score (nSPS) is 16.5. The Morgan fingerprint density at radius 1 is 1.08 bits per heavy atom. The van der Waals surface area contributed by atoms with Gasteiger partial charge in [0.05, 0.1) is 0 Å². The SMILES string of the molecule is O=C(O)C1Cc2ccccc2CN1C(=O)CCc1ccc(Br)cc1. The summed E-state index contributed by atoms with van der Waals surface area (Å²) >= 11 is 3.39. The van der Waals surface area contributed by atoms with Gasteiger partial charge in [-0.15, -0.1) is 0 Å². The highest BCUT2D eigenvalue weighted by atomic mass is 79.9. The number of aliphatic carboxylic acids is 1. The van der Waals surface area contributed by atoms with Crippen molar-refractivity contribution in [3.05, 3.63) is 69.7 Å². The molecule has 0 spiro atoms. The molecule has 0 radical (unpaired) electrons. The summed E-state index contributed by atoms with van der Waals surface area (Å²) in [5, 5.41) is 9.50. The summed E-state index contributed by atoms with van der Waals surface area (Å²) in [6.45, 7) is 0.367. The van der Waals surface area contributed by atoms with Crippen LogP contribution < -0.4 is 0 Å². The molecule has 1 heterocycles. The molecule has 24 heavy (non-hydrogen) atoms. The van der Waals surface area contributed by atoms with E-state index in [1.807, 2.05) is 48.5 Å². The Labute approximate surface area is 149 Å². The molecule has 0 saturated carbocycles. The monoisotopic (exact) mass is 387 g/mol. The largest absolute Gasteiger partial charge is 0.480 e. The molecule has 4 nitrogen and oxygen atoms in total. The van der Waals surface area contributed by atoms with Gasteiger partial charge in [-0.05, 0) is 35.2 Å². The van der Waals surface area contributed by atoms with Crippen LogP contribution in [0.15, 0.2) is 53.0 Å². The van der Waals surface area contributed by atoms with Gasteiger partial charge in [0.25, 0.3) is 0 Å². The first-order valence-corrected chi connectivity index (χ1v) is 8.67. The van der Waals surface area contributed by atoms with E-state index in [-0.39, 0.29) is 5.91 Å². The van der Waals surface area contributed by atoms with Crippen LogP contribution in [0.25, 0.3) is 0 Å². The summed E-state index contributed by atoms with van der Waals surface area (Å²) in [6.07, 6.45) is 1.29. The van der Waals surface area contributed by atoms with Crippen LogP contribution in [0.5, 0.6) is 0 Å². The summed E-state index contributed by atoms with van der Waals surface area (Å²) in [6, 6.07) is 14.8. The van der Waals surface area contributed by atoms with E-state index in [4.69, 9.17) is 0 Å². The van der Waals surface area contributed by atoms with E-state index in [1.165, 1.54) is 4.90 Å². The summed E-state index contributed by atoms with van der Waals surface area (Å²) in [4.78, 5) is 25.7. The zero-order valence-electron chi connectivity index (χ0n) is 13.1. The van der Waals surface area contributed by atoms with E-state index >= 15 is 0 Å².